The highest BCUT2D eigenvalue weighted by atomic mass is 16.1. The van der Waals surface area contributed by atoms with Gasteiger partial charge in [-0.2, -0.15) is 0 Å². The van der Waals surface area contributed by atoms with Crippen molar-refractivity contribution < 1.29 is 4.79 Å². The van der Waals surface area contributed by atoms with Crippen molar-refractivity contribution >= 4 is 6.29 Å². The van der Waals surface area contributed by atoms with Crippen LogP contribution in [0.4, 0.5) is 0 Å². The SMILES string of the molecule is Cc1ccc(-c2c(C=O)nnn2-c2ccc(C)c(C)c2)cc1C. The van der Waals surface area contributed by atoms with Gasteiger partial charge in [0.1, 0.15) is 5.69 Å². The van der Waals surface area contributed by atoms with Gasteiger partial charge in [-0.3, -0.25) is 4.79 Å². The Kier molecular flexibility index (Phi) is 3.82. The van der Waals surface area contributed by atoms with Crippen molar-refractivity contribution in [3.8, 4) is 16.9 Å². The fourth-order valence-corrected chi connectivity index (χ4v) is 2.57. The first-order chi connectivity index (χ1) is 11.0. The quantitative estimate of drug-likeness (QED) is 0.688. The van der Waals surface area contributed by atoms with Crippen LogP contribution >= 0.6 is 0 Å². The summed E-state index contributed by atoms with van der Waals surface area (Å²) in [6.07, 6.45) is 0.759. The summed E-state index contributed by atoms with van der Waals surface area (Å²) in [7, 11) is 0. The summed E-state index contributed by atoms with van der Waals surface area (Å²) in [4.78, 5) is 11.4. The molecule has 0 spiro atoms. The van der Waals surface area contributed by atoms with Crippen molar-refractivity contribution in [2.75, 3.05) is 0 Å². The van der Waals surface area contributed by atoms with Gasteiger partial charge in [0.25, 0.3) is 0 Å². The Bertz CT molecular complexity index is 894. The molecule has 0 aliphatic heterocycles. The molecular formula is C19H19N3O. The average Bonchev–Trinajstić information content (AvgIpc) is 2.96. The molecule has 0 aliphatic carbocycles. The summed E-state index contributed by atoms with van der Waals surface area (Å²) in [6, 6.07) is 12.2. The van der Waals surface area contributed by atoms with Crippen LogP contribution in [0.1, 0.15) is 32.7 Å². The Morgan fingerprint density at radius 2 is 1.52 bits per heavy atom. The smallest absolute Gasteiger partial charge is 0.172 e. The molecule has 3 rings (SSSR count). The van der Waals surface area contributed by atoms with Crippen LogP contribution < -0.4 is 0 Å². The van der Waals surface area contributed by atoms with Gasteiger partial charge >= 0.3 is 0 Å². The summed E-state index contributed by atoms with van der Waals surface area (Å²) in [5.74, 6) is 0. The maximum Gasteiger partial charge on any atom is 0.172 e. The third-order valence-electron chi connectivity index (χ3n) is 4.32. The number of carbonyl (C=O) groups excluding carboxylic acids is 1. The standard InChI is InChI=1S/C19H19N3O/c1-12-5-7-16(9-14(12)3)19-18(11-23)20-21-22(19)17-8-6-13(2)15(4)10-17/h5-11H,1-4H3. The Labute approximate surface area is 135 Å². The molecule has 0 aliphatic rings. The number of carbonyl (C=O) groups is 1. The molecule has 1 aromatic heterocycles. The molecule has 3 aromatic rings. The Morgan fingerprint density at radius 1 is 0.870 bits per heavy atom. The highest BCUT2D eigenvalue weighted by Crippen LogP contribution is 2.27. The molecule has 1 heterocycles. The summed E-state index contributed by atoms with van der Waals surface area (Å²) >= 11 is 0. The number of nitrogens with zero attached hydrogens (tertiary/aromatic N) is 3. The molecule has 0 amide bonds. The number of aryl methyl sites for hydroxylation is 4. The van der Waals surface area contributed by atoms with Crippen LogP contribution in [0, 0.1) is 27.7 Å². The highest BCUT2D eigenvalue weighted by Gasteiger charge is 2.16. The van der Waals surface area contributed by atoms with Gasteiger partial charge in [-0.1, -0.05) is 23.4 Å². The van der Waals surface area contributed by atoms with Crippen molar-refractivity contribution in [2.45, 2.75) is 27.7 Å². The van der Waals surface area contributed by atoms with E-state index in [2.05, 4.69) is 62.3 Å². The lowest BCUT2D eigenvalue weighted by atomic mass is 10.0. The van der Waals surface area contributed by atoms with Gasteiger partial charge in [-0.05, 0) is 68.1 Å². The normalized spacial score (nSPS) is 10.8. The molecule has 0 bridgehead atoms. The van der Waals surface area contributed by atoms with Gasteiger partial charge in [-0.25, -0.2) is 4.68 Å². The molecule has 0 saturated heterocycles. The molecule has 4 heteroatoms. The molecule has 4 nitrogen and oxygen atoms in total. The molecule has 0 fully saturated rings. The van der Waals surface area contributed by atoms with E-state index >= 15 is 0 Å². The zero-order chi connectivity index (χ0) is 16.6. The Balaban J connectivity index is 2.23. The van der Waals surface area contributed by atoms with Gasteiger partial charge in [0.2, 0.25) is 0 Å². The lowest BCUT2D eigenvalue weighted by molar-refractivity contribution is 0.111. The molecule has 0 atom stereocenters. The molecule has 23 heavy (non-hydrogen) atoms. The van der Waals surface area contributed by atoms with Gasteiger partial charge in [0, 0.05) is 5.56 Å². The second kappa shape index (κ2) is 5.80. The number of aldehydes is 1. The van der Waals surface area contributed by atoms with Crippen LogP contribution in [0.3, 0.4) is 0 Å². The highest BCUT2D eigenvalue weighted by molar-refractivity contribution is 5.84. The number of benzene rings is 2. The average molecular weight is 305 g/mol. The Hall–Kier alpha value is -2.75. The monoisotopic (exact) mass is 305 g/mol. The fraction of sp³-hybridized carbons (Fsp3) is 0.211. The number of hydrogen-bond acceptors (Lipinski definition) is 3. The minimum atomic E-state index is 0.353. The molecule has 116 valence electrons. The van der Waals surface area contributed by atoms with Crippen LogP contribution in [0.15, 0.2) is 36.4 Å². The number of rotatable bonds is 3. The van der Waals surface area contributed by atoms with E-state index in [0.717, 1.165) is 23.2 Å². The minimum absolute atomic E-state index is 0.353. The predicted octanol–water partition coefficient (Wildman–Crippen LogP) is 3.98. The lowest BCUT2D eigenvalue weighted by Gasteiger charge is -2.10. The maximum atomic E-state index is 11.4. The van der Waals surface area contributed by atoms with Crippen LogP contribution in [0.2, 0.25) is 0 Å². The van der Waals surface area contributed by atoms with Crippen LogP contribution in [0.5, 0.6) is 0 Å². The third-order valence-corrected chi connectivity index (χ3v) is 4.32. The first-order valence-corrected chi connectivity index (χ1v) is 7.57. The molecular weight excluding hydrogens is 286 g/mol. The zero-order valence-corrected chi connectivity index (χ0v) is 13.8. The van der Waals surface area contributed by atoms with Crippen LogP contribution in [-0.4, -0.2) is 21.3 Å². The number of aromatic nitrogens is 3. The second-order valence-corrected chi connectivity index (χ2v) is 5.92. The zero-order valence-electron chi connectivity index (χ0n) is 13.8. The van der Waals surface area contributed by atoms with E-state index in [1.54, 1.807) is 4.68 Å². The van der Waals surface area contributed by atoms with Crippen molar-refractivity contribution in [3.05, 3.63) is 64.3 Å². The largest absolute Gasteiger partial charge is 0.296 e. The van der Waals surface area contributed by atoms with E-state index in [0.29, 0.717) is 5.69 Å². The van der Waals surface area contributed by atoms with E-state index in [-0.39, 0.29) is 0 Å². The van der Waals surface area contributed by atoms with Crippen LogP contribution in [-0.2, 0) is 0 Å². The number of hydrogen-bond donors (Lipinski definition) is 0. The van der Waals surface area contributed by atoms with Gasteiger partial charge in [-0.15, -0.1) is 5.10 Å². The topological polar surface area (TPSA) is 47.8 Å². The van der Waals surface area contributed by atoms with Gasteiger partial charge in [0.05, 0.1) is 5.69 Å². The molecule has 2 aromatic carbocycles. The maximum absolute atomic E-state index is 11.4. The van der Waals surface area contributed by atoms with E-state index < -0.39 is 0 Å². The van der Waals surface area contributed by atoms with Crippen molar-refractivity contribution in [2.24, 2.45) is 0 Å². The summed E-state index contributed by atoms with van der Waals surface area (Å²) in [5, 5.41) is 8.23. The second-order valence-electron chi connectivity index (χ2n) is 5.92. The molecule has 0 N–H and O–H groups in total. The van der Waals surface area contributed by atoms with Crippen molar-refractivity contribution in [1.82, 2.24) is 15.0 Å². The van der Waals surface area contributed by atoms with Crippen LogP contribution in [0.25, 0.3) is 16.9 Å². The van der Waals surface area contributed by atoms with E-state index in [9.17, 15) is 4.79 Å². The molecule has 0 unspecified atom stereocenters. The van der Waals surface area contributed by atoms with Crippen molar-refractivity contribution in [1.29, 1.82) is 0 Å². The predicted molar refractivity (Wildman–Crippen MR) is 91.1 cm³/mol. The summed E-state index contributed by atoms with van der Waals surface area (Å²) in [6.45, 7) is 8.26. The van der Waals surface area contributed by atoms with E-state index in [1.165, 1.54) is 22.3 Å². The molecule has 0 saturated carbocycles. The van der Waals surface area contributed by atoms with E-state index in [4.69, 9.17) is 0 Å². The minimum Gasteiger partial charge on any atom is -0.296 e. The Morgan fingerprint density at radius 3 is 2.13 bits per heavy atom. The summed E-state index contributed by atoms with van der Waals surface area (Å²) < 4.78 is 1.74. The summed E-state index contributed by atoms with van der Waals surface area (Å²) in [5.41, 5.74) is 7.71. The first-order valence-electron chi connectivity index (χ1n) is 7.57. The molecule has 0 radical (unpaired) electrons. The fourth-order valence-electron chi connectivity index (χ4n) is 2.57. The van der Waals surface area contributed by atoms with E-state index in [1.807, 2.05) is 12.1 Å². The first kappa shape index (κ1) is 15.2. The third kappa shape index (κ3) is 2.68. The van der Waals surface area contributed by atoms with Gasteiger partial charge in [0.15, 0.2) is 12.0 Å². The van der Waals surface area contributed by atoms with Gasteiger partial charge < -0.3 is 0 Å². The van der Waals surface area contributed by atoms with Crippen molar-refractivity contribution in [3.63, 3.8) is 0 Å². The lowest BCUT2D eigenvalue weighted by Crippen LogP contribution is -2.01.